The standard InChI is InChI=1S/C13H16F2N2O2/c14-11-4-3-9(6-12(11)15)19-10-2-1-5-17(8-10)13(18)7-16/h3-4,6,10H,1-2,5,7-8,16H2. The van der Waals surface area contributed by atoms with E-state index in [4.69, 9.17) is 10.5 Å². The van der Waals surface area contributed by atoms with Crippen LogP contribution in [0.2, 0.25) is 0 Å². The number of hydrogen-bond acceptors (Lipinski definition) is 3. The van der Waals surface area contributed by atoms with E-state index in [1.54, 1.807) is 4.90 Å². The largest absolute Gasteiger partial charge is 0.488 e. The first kappa shape index (κ1) is 13.7. The first-order valence-corrected chi connectivity index (χ1v) is 6.19. The predicted octanol–water partition coefficient (Wildman–Crippen LogP) is 1.29. The molecule has 0 aliphatic carbocycles. The molecule has 0 spiro atoms. The summed E-state index contributed by atoms with van der Waals surface area (Å²) in [6.07, 6.45) is 1.36. The molecule has 0 aromatic heterocycles. The van der Waals surface area contributed by atoms with Crippen molar-refractivity contribution in [2.24, 2.45) is 5.73 Å². The van der Waals surface area contributed by atoms with Gasteiger partial charge in [-0.05, 0) is 25.0 Å². The third-order valence-corrected chi connectivity index (χ3v) is 3.10. The van der Waals surface area contributed by atoms with Crippen LogP contribution in [0.25, 0.3) is 0 Å². The molecule has 2 N–H and O–H groups in total. The maximum atomic E-state index is 13.1. The minimum atomic E-state index is -0.941. The topological polar surface area (TPSA) is 55.6 Å². The average Bonchev–Trinajstić information content (AvgIpc) is 2.42. The molecule has 0 radical (unpaired) electrons. The molecule has 6 heteroatoms. The summed E-state index contributed by atoms with van der Waals surface area (Å²) in [5.41, 5.74) is 5.31. The lowest BCUT2D eigenvalue weighted by Crippen LogP contribution is -2.46. The molecule has 19 heavy (non-hydrogen) atoms. The molecule has 4 nitrogen and oxygen atoms in total. The summed E-state index contributed by atoms with van der Waals surface area (Å²) in [5.74, 6) is -1.70. The summed E-state index contributed by atoms with van der Waals surface area (Å²) in [6, 6.07) is 3.41. The van der Waals surface area contributed by atoms with E-state index in [1.807, 2.05) is 0 Å². The molecular formula is C13H16F2N2O2. The van der Waals surface area contributed by atoms with Gasteiger partial charge in [-0.2, -0.15) is 0 Å². The molecule has 1 saturated heterocycles. The Labute approximate surface area is 110 Å². The van der Waals surface area contributed by atoms with Crippen LogP contribution in [0.4, 0.5) is 8.78 Å². The Morgan fingerprint density at radius 1 is 1.42 bits per heavy atom. The monoisotopic (exact) mass is 270 g/mol. The van der Waals surface area contributed by atoms with E-state index in [1.165, 1.54) is 6.07 Å². The number of nitrogens with zero attached hydrogens (tertiary/aromatic N) is 1. The highest BCUT2D eigenvalue weighted by Crippen LogP contribution is 2.20. The number of hydrogen-bond donors (Lipinski definition) is 1. The molecule has 0 saturated carbocycles. The summed E-state index contributed by atoms with van der Waals surface area (Å²) in [6.45, 7) is 1.06. The third kappa shape index (κ3) is 3.41. The molecule has 2 rings (SSSR count). The Hall–Kier alpha value is -1.69. The Kier molecular flexibility index (Phi) is 4.31. The number of likely N-dealkylation sites (tertiary alicyclic amines) is 1. The second kappa shape index (κ2) is 5.97. The van der Waals surface area contributed by atoms with Crippen LogP contribution in [-0.4, -0.2) is 36.5 Å². The number of ether oxygens (including phenoxy) is 1. The van der Waals surface area contributed by atoms with Gasteiger partial charge in [-0.1, -0.05) is 0 Å². The zero-order valence-corrected chi connectivity index (χ0v) is 10.4. The minimum Gasteiger partial charge on any atom is -0.488 e. The van der Waals surface area contributed by atoms with E-state index in [0.717, 1.165) is 25.0 Å². The van der Waals surface area contributed by atoms with Crippen LogP contribution in [0.3, 0.4) is 0 Å². The highest BCUT2D eigenvalue weighted by atomic mass is 19.2. The van der Waals surface area contributed by atoms with Crippen LogP contribution in [0.5, 0.6) is 5.75 Å². The lowest BCUT2D eigenvalue weighted by atomic mass is 10.1. The third-order valence-electron chi connectivity index (χ3n) is 3.10. The normalized spacial score (nSPS) is 19.3. The maximum Gasteiger partial charge on any atom is 0.236 e. The maximum absolute atomic E-state index is 13.1. The molecule has 1 amide bonds. The fourth-order valence-electron chi connectivity index (χ4n) is 2.13. The first-order valence-electron chi connectivity index (χ1n) is 6.19. The van der Waals surface area contributed by atoms with E-state index >= 15 is 0 Å². The van der Waals surface area contributed by atoms with Gasteiger partial charge in [0.25, 0.3) is 0 Å². The SMILES string of the molecule is NCC(=O)N1CCCC(Oc2ccc(F)c(F)c2)C1. The second-order valence-electron chi connectivity index (χ2n) is 4.50. The highest BCUT2D eigenvalue weighted by molar-refractivity contribution is 5.78. The number of carbonyl (C=O) groups excluding carboxylic acids is 1. The predicted molar refractivity (Wildman–Crippen MR) is 65.6 cm³/mol. The lowest BCUT2D eigenvalue weighted by Gasteiger charge is -2.32. The zero-order chi connectivity index (χ0) is 13.8. The molecule has 104 valence electrons. The number of amides is 1. The Balaban J connectivity index is 1.98. The van der Waals surface area contributed by atoms with Gasteiger partial charge in [0.2, 0.25) is 5.91 Å². The van der Waals surface area contributed by atoms with Gasteiger partial charge in [0.05, 0.1) is 13.1 Å². The van der Waals surface area contributed by atoms with Crippen molar-refractivity contribution in [3.05, 3.63) is 29.8 Å². The first-order chi connectivity index (χ1) is 9.10. The van der Waals surface area contributed by atoms with Gasteiger partial charge in [0, 0.05) is 12.6 Å². The number of rotatable bonds is 3. The molecule has 1 aromatic carbocycles. The van der Waals surface area contributed by atoms with Gasteiger partial charge in [-0.3, -0.25) is 4.79 Å². The van der Waals surface area contributed by atoms with E-state index in [2.05, 4.69) is 0 Å². The van der Waals surface area contributed by atoms with Crippen molar-refractivity contribution in [3.63, 3.8) is 0 Å². The van der Waals surface area contributed by atoms with Crippen molar-refractivity contribution < 1.29 is 18.3 Å². The fraction of sp³-hybridized carbons (Fsp3) is 0.462. The number of benzene rings is 1. The Morgan fingerprint density at radius 2 is 2.21 bits per heavy atom. The minimum absolute atomic E-state index is 0.0299. The smallest absolute Gasteiger partial charge is 0.236 e. The van der Waals surface area contributed by atoms with Crippen LogP contribution in [0, 0.1) is 11.6 Å². The number of nitrogens with two attached hydrogens (primary N) is 1. The van der Waals surface area contributed by atoms with E-state index in [-0.39, 0.29) is 24.3 Å². The van der Waals surface area contributed by atoms with Crippen molar-refractivity contribution in [1.82, 2.24) is 4.90 Å². The quantitative estimate of drug-likeness (QED) is 0.900. The summed E-state index contributed by atoms with van der Waals surface area (Å²) < 4.78 is 31.4. The van der Waals surface area contributed by atoms with Gasteiger partial charge in [0.1, 0.15) is 11.9 Å². The summed E-state index contributed by atoms with van der Waals surface area (Å²) in [4.78, 5) is 13.1. The van der Waals surface area contributed by atoms with Crippen molar-refractivity contribution in [2.45, 2.75) is 18.9 Å². The van der Waals surface area contributed by atoms with Crippen molar-refractivity contribution >= 4 is 5.91 Å². The number of piperidine rings is 1. The van der Waals surface area contributed by atoms with Crippen molar-refractivity contribution in [2.75, 3.05) is 19.6 Å². The Morgan fingerprint density at radius 3 is 2.89 bits per heavy atom. The highest BCUT2D eigenvalue weighted by Gasteiger charge is 2.24. The summed E-state index contributed by atoms with van der Waals surface area (Å²) in [7, 11) is 0. The van der Waals surface area contributed by atoms with E-state index in [9.17, 15) is 13.6 Å². The molecule has 1 unspecified atom stereocenters. The summed E-state index contributed by atoms with van der Waals surface area (Å²) in [5, 5.41) is 0. The number of carbonyl (C=O) groups is 1. The molecule has 1 fully saturated rings. The van der Waals surface area contributed by atoms with Crippen molar-refractivity contribution in [1.29, 1.82) is 0 Å². The van der Waals surface area contributed by atoms with Crippen LogP contribution in [-0.2, 0) is 4.79 Å². The molecule has 1 heterocycles. The van der Waals surface area contributed by atoms with Gasteiger partial charge < -0.3 is 15.4 Å². The molecular weight excluding hydrogens is 254 g/mol. The van der Waals surface area contributed by atoms with Crippen LogP contribution in [0.15, 0.2) is 18.2 Å². The second-order valence-corrected chi connectivity index (χ2v) is 4.50. The van der Waals surface area contributed by atoms with Crippen LogP contribution < -0.4 is 10.5 Å². The fourth-order valence-corrected chi connectivity index (χ4v) is 2.13. The van der Waals surface area contributed by atoms with Crippen LogP contribution >= 0.6 is 0 Å². The van der Waals surface area contributed by atoms with Gasteiger partial charge in [-0.15, -0.1) is 0 Å². The lowest BCUT2D eigenvalue weighted by molar-refractivity contribution is -0.132. The molecule has 1 aliphatic rings. The van der Waals surface area contributed by atoms with Gasteiger partial charge in [-0.25, -0.2) is 8.78 Å². The molecule has 1 aliphatic heterocycles. The molecule has 1 aromatic rings. The number of halogens is 2. The van der Waals surface area contributed by atoms with E-state index in [0.29, 0.717) is 13.1 Å². The molecule has 0 bridgehead atoms. The molecule has 1 atom stereocenters. The average molecular weight is 270 g/mol. The Bertz CT molecular complexity index is 468. The zero-order valence-electron chi connectivity index (χ0n) is 10.4. The van der Waals surface area contributed by atoms with E-state index < -0.39 is 11.6 Å². The van der Waals surface area contributed by atoms with Gasteiger partial charge >= 0.3 is 0 Å². The van der Waals surface area contributed by atoms with Crippen LogP contribution in [0.1, 0.15) is 12.8 Å². The van der Waals surface area contributed by atoms with Gasteiger partial charge in [0.15, 0.2) is 11.6 Å². The summed E-state index contributed by atoms with van der Waals surface area (Å²) >= 11 is 0. The van der Waals surface area contributed by atoms with Crippen molar-refractivity contribution in [3.8, 4) is 5.75 Å².